The lowest BCUT2D eigenvalue weighted by atomic mass is 10.1. The van der Waals surface area contributed by atoms with Crippen molar-refractivity contribution in [2.45, 2.75) is 20.3 Å². The van der Waals surface area contributed by atoms with Crippen molar-refractivity contribution in [1.82, 2.24) is 0 Å². The van der Waals surface area contributed by atoms with E-state index in [4.69, 9.17) is 14.2 Å². The van der Waals surface area contributed by atoms with Crippen LogP contribution < -0.4 is 9.47 Å². The van der Waals surface area contributed by atoms with Gasteiger partial charge in [0.05, 0.1) is 30.6 Å². The zero-order valence-corrected chi connectivity index (χ0v) is 13.4. The van der Waals surface area contributed by atoms with Crippen LogP contribution in [0.1, 0.15) is 19.4 Å². The molecule has 0 N–H and O–H groups in total. The monoisotopic (exact) mass is 329 g/mol. The molecule has 122 valence electrons. The molecular formula is C14H19NO6S. The van der Waals surface area contributed by atoms with E-state index in [2.05, 4.69) is 12.6 Å². The maximum atomic E-state index is 11.7. The molecule has 0 spiro atoms. The Bertz CT molecular complexity index is 534. The third-order valence-electron chi connectivity index (χ3n) is 2.63. The van der Waals surface area contributed by atoms with Crippen LogP contribution in [0.15, 0.2) is 12.1 Å². The van der Waals surface area contributed by atoms with E-state index in [-0.39, 0.29) is 30.0 Å². The summed E-state index contributed by atoms with van der Waals surface area (Å²) < 4.78 is 15.7. The molecule has 0 saturated heterocycles. The molecule has 0 aliphatic rings. The number of esters is 1. The molecule has 0 saturated carbocycles. The minimum atomic E-state index is -0.556. The Morgan fingerprint density at radius 3 is 2.32 bits per heavy atom. The maximum absolute atomic E-state index is 11.7. The topological polar surface area (TPSA) is 87.9 Å². The molecule has 0 aliphatic heterocycles. The van der Waals surface area contributed by atoms with E-state index in [0.29, 0.717) is 24.7 Å². The highest BCUT2D eigenvalue weighted by Gasteiger charge is 2.22. The number of ether oxygens (including phenoxy) is 3. The fourth-order valence-electron chi connectivity index (χ4n) is 1.81. The quantitative estimate of drug-likeness (QED) is 0.324. The average molecular weight is 329 g/mol. The Hall–Kier alpha value is -1.96. The highest BCUT2D eigenvalue weighted by molar-refractivity contribution is 7.80. The standard InChI is InChI=1S/C14H19NO6S/c1-3-19-12-7-10(8-14(16)21-5-6-22)11(15(17)18)9-13(12)20-4-2/h7,9,22H,3-6,8H2,1-2H3. The zero-order chi connectivity index (χ0) is 16.5. The molecule has 7 nitrogen and oxygen atoms in total. The van der Waals surface area contributed by atoms with E-state index < -0.39 is 10.9 Å². The summed E-state index contributed by atoms with van der Waals surface area (Å²) in [6, 6.07) is 2.73. The Kier molecular flexibility index (Phi) is 7.51. The van der Waals surface area contributed by atoms with Crippen LogP contribution in [0.2, 0.25) is 0 Å². The second-order valence-corrected chi connectivity index (χ2v) is 4.62. The third kappa shape index (κ3) is 5.10. The Morgan fingerprint density at radius 1 is 1.23 bits per heavy atom. The Labute approximate surface area is 134 Å². The number of benzene rings is 1. The number of nitrogens with zero attached hydrogens (tertiary/aromatic N) is 1. The lowest BCUT2D eigenvalue weighted by molar-refractivity contribution is -0.385. The number of nitro groups is 1. The number of hydrogen-bond acceptors (Lipinski definition) is 7. The molecule has 0 bridgehead atoms. The summed E-state index contributed by atoms with van der Waals surface area (Å²) in [6.07, 6.45) is -0.212. The minimum absolute atomic E-state index is 0.158. The van der Waals surface area contributed by atoms with Crippen LogP contribution in [-0.4, -0.2) is 36.5 Å². The second-order valence-electron chi connectivity index (χ2n) is 4.17. The molecule has 0 amide bonds. The first-order valence-corrected chi connectivity index (χ1v) is 7.50. The van der Waals surface area contributed by atoms with Crippen molar-refractivity contribution in [3.05, 3.63) is 27.8 Å². The van der Waals surface area contributed by atoms with Gasteiger partial charge >= 0.3 is 5.97 Å². The molecule has 0 fully saturated rings. The van der Waals surface area contributed by atoms with Crippen LogP contribution in [0.5, 0.6) is 11.5 Å². The smallest absolute Gasteiger partial charge is 0.310 e. The number of hydrogen-bond donors (Lipinski definition) is 1. The largest absolute Gasteiger partial charge is 0.490 e. The highest BCUT2D eigenvalue weighted by atomic mass is 32.1. The van der Waals surface area contributed by atoms with Gasteiger partial charge in [-0.1, -0.05) is 0 Å². The molecule has 0 aromatic heterocycles. The molecule has 1 aromatic carbocycles. The normalized spacial score (nSPS) is 10.1. The maximum Gasteiger partial charge on any atom is 0.310 e. The Morgan fingerprint density at radius 2 is 1.82 bits per heavy atom. The van der Waals surface area contributed by atoms with Crippen molar-refractivity contribution in [3.8, 4) is 11.5 Å². The summed E-state index contributed by atoms with van der Waals surface area (Å²) in [6.45, 7) is 4.44. The van der Waals surface area contributed by atoms with E-state index in [0.717, 1.165) is 0 Å². The SMILES string of the molecule is CCOc1cc(CC(=O)OCCS)c([N+](=O)[O-])cc1OCC. The number of carbonyl (C=O) groups is 1. The van der Waals surface area contributed by atoms with Gasteiger partial charge < -0.3 is 14.2 Å². The van der Waals surface area contributed by atoms with Gasteiger partial charge in [-0.05, 0) is 19.9 Å². The fraction of sp³-hybridized carbons (Fsp3) is 0.500. The first-order chi connectivity index (χ1) is 10.5. The van der Waals surface area contributed by atoms with Crippen LogP contribution in [0.25, 0.3) is 0 Å². The van der Waals surface area contributed by atoms with Gasteiger partial charge in [0.2, 0.25) is 0 Å². The molecular weight excluding hydrogens is 310 g/mol. The lowest BCUT2D eigenvalue weighted by Gasteiger charge is -2.13. The third-order valence-corrected chi connectivity index (χ3v) is 2.81. The molecule has 0 unspecified atom stereocenters. The van der Waals surface area contributed by atoms with Crippen LogP contribution in [-0.2, 0) is 16.0 Å². The van der Waals surface area contributed by atoms with Gasteiger partial charge in [-0.25, -0.2) is 0 Å². The fourth-order valence-corrected chi connectivity index (χ4v) is 1.90. The number of rotatable bonds is 9. The van der Waals surface area contributed by atoms with Gasteiger partial charge in [-0.3, -0.25) is 14.9 Å². The summed E-state index contributed by atoms with van der Waals surface area (Å²) in [7, 11) is 0. The minimum Gasteiger partial charge on any atom is -0.490 e. The summed E-state index contributed by atoms with van der Waals surface area (Å²) in [5.41, 5.74) is 0.0239. The van der Waals surface area contributed by atoms with E-state index in [1.165, 1.54) is 12.1 Å². The van der Waals surface area contributed by atoms with E-state index in [1.807, 2.05) is 0 Å². The van der Waals surface area contributed by atoms with Crippen molar-refractivity contribution in [2.75, 3.05) is 25.6 Å². The molecule has 8 heteroatoms. The predicted molar refractivity (Wildman–Crippen MR) is 84.0 cm³/mol. The molecule has 1 aromatic rings. The molecule has 0 aliphatic carbocycles. The summed E-state index contributed by atoms with van der Waals surface area (Å²) in [5, 5.41) is 11.2. The van der Waals surface area contributed by atoms with Crippen molar-refractivity contribution in [1.29, 1.82) is 0 Å². The van der Waals surface area contributed by atoms with Gasteiger partial charge in [-0.2, -0.15) is 12.6 Å². The van der Waals surface area contributed by atoms with Crippen LogP contribution in [0, 0.1) is 10.1 Å². The number of thiol groups is 1. The number of nitro benzene ring substituents is 1. The van der Waals surface area contributed by atoms with E-state index >= 15 is 0 Å². The average Bonchev–Trinajstić information content (AvgIpc) is 2.47. The molecule has 0 radical (unpaired) electrons. The van der Waals surface area contributed by atoms with Crippen molar-refractivity contribution in [2.24, 2.45) is 0 Å². The summed E-state index contributed by atoms with van der Waals surface area (Å²) in [5.74, 6) is 0.487. The van der Waals surface area contributed by atoms with Gasteiger partial charge in [0.1, 0.15) is 6.61 Å². The zero-order valence-electron chi connectivity index (χ0n) is 12.5. The van der Waals surface area contributed by atoms with Gasteiger partial charge in [0.25, 0.3) is 5.69 Å². The first kappa shape index (κ1) is 18.1. The molecule has 0 atom stereocenters. The van der Waals surface area contributed by atoms with E-state index in [9.17, 15) is 14.9 Å². The highest BCUT2D eigenvalue weighted by Crippen LogP contribution is 2.35. The van der Waals surface area contributed by atoms with Crippen molar-refractivity contribution < 1.29 is 23.9 Å². The van der Waals surface area contributed by atoms with Crippen LogP contribution in [0.3, 0.4) is 0 Å². The van der Waals surface area contributed by atoms with E-state index in [1.54, 1.807) is 13.8 Å². The van der Waals surface area contributed by atoms with Crippen molar-refractivity contribution in [3.63, 3.8) is 0 Å². The molecule has 22 heavy (non-hydrogen) atoms. The van der Waals surface area contributed by atoms with Gasteiger partial charge in [0.15, 0.2) is 11.5 Å². The Balaban J connectivity index is 3.14. The molecule has 0 heterocycles. The lowest BCUT2D eigenvalue weighted by Crippen LogP contribution is -2.11. The van der Waals surface area contributed by atoms with Gasteiger partial charge in [-0.15, -0.1) is 0 Å². The molecule has 1 rings (SSSR count). The second kappa shape index (κ2) is 9.14. The van der Waals surface area contributed by atoms with Gasteiger partial charge in [0, 0.05) is 11.3 Å². The van der Waals surface area contributed by atoms with Crippen LogP contribution >= 0.6 is 12.6 Å². The van der Waals surface area contributed by atoms with Crippen molar-refractivity contribution >= 4 is 24.3 Å². The van der Waals surface area contributed by atoms with Crippen LogP contribution in [0.4, 0.5) is 5.69 Å². The predicted octanol–water partition coefficient (Wildman–Crippen LogP) is 2.41. The summed E-state index contributed by atoms with van der Waals surface area (Å²) in [4.78, 5) is 22.3. The summed E-state index contributed by atoms with van der Waals surface area (Å²) >= 11 is 3.93. The number of carbonyl (C=O) groups excluding carboxylic acids is 1. The first-order valence-electron chi connectivity index (χ1n) is 6.86.